The lowest BCUT2D eigenvalue weighted by Crippen LogP contribution is -2.46. The van der Waals surface area contributed by atoms with E-state index in [2.05, 4.69) is 96.2 Å². The molecule has 0 saturated carbocycles. The summed E-state index contributed by atoms with van der Waals surface area (Å²) in [7, 11) is 0. The Kier molecular flexibility index (Phi) is 7.00. The highest BCUT2D eigenvalue weighted by atomic mass is 15.3. The molecule has 34 heavy (non-hydrogen) atoms. The number of para-hydroxylation sites is 1. The van der Waals surface area contributed by atoms with Crippen molar-refractivity contribution in [3.05, 3.63) is 78.9 Å². The van der Waals surface area contributed by atoms with Gasteiger partial charge in [0, 0.05) is 44.5 Å². The lowest BCUT2D eigenvalue weighted by Gasteiger charge is -2.36. The molecule has 4 aromatic rings. The number of imidazole rings is 1. The van der Waals surface area contributed by atoms with Crippen LogP contribution >= 0.6 is 0 Å². The highest BCUT2D eigenvalue weighted by Gasteiger charge is 2.17. The fraction of sp³-hybridized carbons (Fsp3) is 0.370. The van der Waals surface area contributed by atoms with Crippen LogP contribution in [0.5, 0.6) is 0 Å². The van der Waals surface area contributed by atoms with Gasteiger partial charge in [0.15, 0.2) is 11.5 Å². The molecule has 2 aromatic heterocycles. The van der Waals surface area contributed by atoms with Crippen LogP contribution in [-0.4, -0.2) is 63.2 Å². The van der Waals surface area contributed by atoms with Gasteiger partial charge in [0.1, 0.15) is 11.8 Å². The predicted octanol–water partition coefficient (Wildman–Crippen LogP) is 4.08. The molecule has 1 aliphatic heterocycles. The molecule has 1 N–H and O–H groups in total. The fourth-order valence-corrected chi connectivity index (χ4v) is 4.74. The third kappa shape index (κ3) is 5.37. The van der Waals surface area contributed by atoms with Crippen LogP contribution in [0.25, 0.3) is 11.2 Å². The van der Waals surface area contributed by atoms with E-state index in [1.54, 1.807) is 6.33 Å². The van der Waals surface area contributed by atoms with E-state index in [0.717, 1.165) is 69.1 Å². The predicted molar refractivity (Wildman–Crippen MR) is 138 cm³/mol. The Balaban J connectivity index is 1.13. The summed E-state index contributed by atoms with van der Waals surface area (Å²) in [6.07, 6.45) is 5.55. The van der Waals surface area contributed by atoms with Gasteiger partial charge in [0.25, 0.3) is 0 Å². The van der Waals surface area contributed by atoms with Crippen molar-refractivity contribution in [2.75, 3.05) is 42.9 Å². The van der Waals surface area contributed by atoms with Crippen molar-refractivity contribution in [2.45, 2.75) is 32.4 Å². The monoisotopic (exact) mass is 455 g/mol. The van der Waals surface area contributed by atoms with E-state index in [1.807, 2.05) is 12.4 Å². The quantitative estimate of drug-likeness (QED) is 0.410. The van der Waals surface area contributed by atoms with Crippen LogP contribution in [-0.2, 0) is 13.0 Å². The standard InChI is InChI=1S/C27H33N7/c1-22(19-23-9-4-2-5-10-23)31-26-25-27(29-20-28-26)34(21-30-25)14-8-13-32-15-17-33(18-16-32)24-11-6-3-7-12-24/h2-7,9-12,20-22H,8,13-19H2,1H3,(H,28,29,31). The summed E-state index contributed by atoms with van der Waals surface area (Å²) in [4.78, 5) is 18.7. The molecule has 0 bridgehead atoms. The van der Waals surface area contributed by atoms with E-state index in [4.69, 9.17) is 0 Å². The zero-order valence-corrected chi connectivity index (χ0v) is 19.8. The number of hydrogen-bond donors (Lipinski definition) is 1. The maximum atomic E-state index is 4.64. The summed E-state index contributed by atoms with van der Waals surface area (Å²) in [5, 5.41) is 3.53. The molecule has 5 rings (SSSR count). The van der Waals surface area contributed by atoms with Gasteiger partial charge < -0.3 is 14.8 Å². The van der Waals surface area contributed by atoms with Crippen LogP contribution in [0.4, 0.5) is 11.5 Å². The number of nitrogens with zero attached hydrogens (tertiary/aromatic N) is 6. The number of rotatable bonds is 9. The van der Waals surface area contributed by atoms with Crippen molar-refractivity contribution >= 4 is 22.7 Å². The van der Waals surface area contributed by atoms with E-state index in [1.165, 1.54) is 11.3 Å². The van der Waals surface area contributed by atoms with Crippen LogP contribution < -0.4 is 10.2 Å². The van der Waals surface area contributed by atoms with E-state index in [0.29, 0.717) is 0 Å². The average molecular weight is 456 g/mol. The SMILES string of the molecule is CC(Cc1ccccc1)Nc1ncnc2c1ncn2CCCN1CCN(c2ccccc2)CC1. The van der Waals surface area contributed by atoms with Crippen LogP contribution in [0.15, 0.2) is 73.3 Å². The van der Waals surface area contributed by atoms with E-state index < -0.39 is 0 Å². The van der Waals surface area contributed by atoms with Gasteiger partial charge in [-0.05, 0) is 44.0 Å². The molecule has 176 valence electrons. The molecule has 2 aromatic carbocycles. The highest BCUT2D eigenvalue weighted by Crippen LogP contribution is 2.20. The summed E-state index contributed by atoms with van der Waals surface area (Å²) in [6, 6.07) is 21.5. The minimum atomic E-state index is 0.250. The van der Waals surface area contributed by atoms with Crippen molar-refractivity contribution < 1.29 is 0 Å². The fourth-order valence-electron chi connectivity index (χ4n) is 4.74. The molecule has 0 spiro atoms. The molecular weight excluding hydrogens is 422 g/mol. The van der Waals surface area contributed by atoms with Gasteiger partial charge in [-0.2, -0.15) is 0 Å². The first-order valence-corrected chi connectivity index (χ1v) is 12.2. The minimum absolute atomic E-state index is 0.250. The maximum absolute atomic E-state index is 4.64. The molecule has 0 aliphatic carbocycles. The molecule has 1 fully saturated rings. The molecule has 0 radical (unpaired) electrons. The topological polar surface area (TPSA) is 62.1 Å². The number of nitrogens with one attached hydrogen (secondary N) is 1. The minimum Gasteiger partial charge on any atom is -0.369 e. The van der Waals surface area contributed by atoms with Crippen LogP contribution in [0.3, 0.4) is 0 Å². The smallest absolute Gasteiger partial charge is 0.165 e. The van der Waals surface area contributed by atoms with Crippen molar-refractivity contribution in [3.8, 4) is 0 Å². The van der Waals surface area contributed by atoms with Crippen molar-refractivity contribution in [1.29, 1.82) is 0 Å². The Hall–Kier alpha value is -3.45. The first-order valence-electron chi connectivity index (χ1n) is 12.2. The maximum Gasteiger partial charge on any atom is 0.165 e. The van der Waals surface area contributed by atoms with E-state index in [9.17, 15) is 0 Å². The molecule has 7 nitrogen and oxygen atoms in total. The highest BCUT2D eigenvalue weighted by molar-refractivity contribution is 5.82. The molecule has 1 saturated heterocycles. The number of benzene rings is 2. The molecule has 7 heteroatoms. The number of fused-ring (bicyclic) bond motifs is 1. The van der Waals surface area contributed by atoms with E-state index in [-0.39, 0.29) is 6.04 Å². The summed E-state index contributed by atoms with van der Waals surface area (Å²) in [5.41, 5.74) is 4.38. The first-order chi connectivity index (χ1) is 16.8. The largest absolute Gasteiger partial charge is 0.369 e. The zero-order chi connectivity index (χ0) is 23.2. The number of aryl methyl sites for hydroxylation is 1. The van der Waals surface area contributed by atoms with Crippen molar-refractivity contribution in [2.24, 2.45) is 0 Å². The third-order valence-corrected chi connectivity index (χ3v) is 6.54. The zero-order valence-electron chi connectivity index (χ0n) is 19.8. The van der Waals surface area contributed by atoms with Crippen molar-refractivity contribution in [3.63, 3.8) is 0 Å². The summed E-state index contributed by atoms with van der Waals surface area (Å²) < 4.78 is 2.16. The van der Waals surface area contributed by atoms with Gasteiger partial charge in [-0.15, -0.1) is 0 Å². The second kappa shape index (κ2) is 10.7. The molecule has 1 unspecified atom stereocenters. The number of aromatic nitrogens is 4. The number of piperazine rings is 1. The first kappa shape index (κ1) is 22.3. The lowest BCUT2D eigenvalue weighted by atomic mass is 10.1. The Morgan fingerprint density at radius 1 is 0.853 bits per heavy atom. The number of hydrogen-bond acceptors (Lipinski definition) is 6. The Morgan fingerprint density at radius 3 is 2.35 bits per heavy atom. The van der Waals surface area contributed by atoms with Crippen LogP contribution in [0, 0.1) is 0 Å². The second-order valence-electron chi connectivity index (χ2n) is 9.09. The summed E-state index contributed by atoms with van der Waals surface area (Å²) >= 11 is 0. The van der Waals surface area contributed by atoms with Gasteiger partial charge in [-0.1, -0.05) is 48.5 Å². The second-order valence-corrected chi connectivity index (χ2v) is 9.09. The Labute approximate surface area is 201 Å². The summed E-state index contributed by atoms with van der Waals surface area (Å²) in [5.74, 6) is 0.809. The van der Waals surface area contributed by atoms with Gasteiger partial charge in [0.05, 0.1) is 6.33 Å². The molecule has 0 amide bonds. The molecule has 3 heterocycles. The van der Waals surface area contributed by atoms with Gasteiger partial charge in [-0.3, -0.25) is 4.90 Å². The average Bonchev–Trinajstić information content (AvgIpc) is 3.30. The number of anilines is 2. The van der Waals surface area contributed by atoms with Crippen LogP contribution in [0.1, 0.15) is 18.9 Å². The Bertz CT molecular complexity index is 1170. The van der Waals surface area contributed by atoms with Crippen LogP contribution in [0.2, 0.25) is 0 Å². The van der Waals surface area contributed by atoms with E-state index >= 15 is 0 Å². The lowest BCUT2D eigenvalue weighted by molar-refractivity contribution is 0.251. The summed E-state index contributed by atoms with van der Waals surface area (Å²) in [6.45, 7) is 8.56. The molecular formula is C27H33N7. The van der Waals surface area contributed by atoms with Gasteiger partial charge >= 0.3 is 0 Å². The third-order valence-electron chi connectivity index (χ3n) is 6.54. The van der Waals surface area contributed by atoms with Gasteiger partial charge in [0.2, 0.25) is 0 Å². The molecule has 1 atom stereocenters. The Morgan fingerprint density at radius 2 is 1.59 bits per heavy atom. The van der Waals surface area contributed by atoms with Gasteiger partial charge in [-0.25, -0.2) is 15.0 Å². The van der Waals surface area contributed by atoms with Crippen molar-refractivity contribution in [1.82, 2.24) is 24.4 Å². The normalized spacial score (nSPS) is 15.5. The molecule has 1 aliphatic rings.